The molecule has 0 unspecified atom stereocenters. The zero-order valence-electron chi connectivity index (χ0n) is 7.58. The second kappa shape index (κ2) is 2.22. The van der Waals surface area contributed by atoms with E-state index in [1.165, 1.54) is 0 Å². The predicted molar refractivity (Wildman–Crippen MR) is 44.5 cm³/mol. The zero-order valence-corrected chi connectivity index (χ0v) is 7.58. The Bertz CT molecular complexity index is 221. The summed E-state index contributed by atoms with van der Waals surface area (Å²) in [7, 11) is 0. The van der Waals surface area contributed by atoms with Crippen LogP contribution in [-0.2, 0) is 4.79 Å². The summed E-state index contributed by atoms with van der Waals surface area (Å²) < 4.78 is 0. The van der Waals surface area contributed by atoms with E-state index in [1.54, 1.807) is 0 Å². The van der Waals surface area contributed by atoms with Crippen LogP contribution >= 0.6 is 0 Å². The average Bonchev–Trinajstić information content (AvgIpc) is 2.76. The molecule has 0 aromatic heterocycles. The molecule has 0 bridgehead atoms. The van der Waals surface area contributed by atoms with Gasteiger partial charge in [0.05, 0.1) is 0 Å². The van der Waals surface area contributed by atoms with Gasteiger partial charge in [0.15, 0.2) is 0 Å². The summed E-state index contributed by atoms with van der Waals surface area (Å²) in [5.74, 6) is -0.0671. The molecule has 2 rings (SSSR count). The van der Waals surface area contributed by atoms with Crippen LogP contribution in [-0.4, -0.2) is 34.6 Å². The van der Waals surface area contributed by atoms with Gasteiger partial charge in [-0.15, -0.1) is 0 Å². The monoisotopic (exact) mass is 169 g/mol. The maximum Gasteiger partial charge on any atom is 0.252 e. The van der Waals surface area contributed by atoms with Crippen LogP contribution in [0.3, 0.4) is 0 Å². The molecule has 0 aromatic carbocycles. The predicted octanol–water partition coefficient (Wildman–Crippen LogP) is 0.378. The number of nitrogens with zero attached hydrogens (tertiary/aromatic N) is 1. The van der Waals surface area contributed by atoms with Crippen LogP contribution in [0.1, 0.15) is 26.7 Å². The van der Waals surface area contributed by atoms with E-state index in [0.717, 1.165) is 19.4 Å². The van der Waals surface area contributed by atoms with E-state index in [2.05, 4.69) is 0 Å². The minimum absolute atomic E-state index is 0.0671. The van der Waals surface area contributed by atoms with E-state index in [9.17, 15) is 9.90 Å². The van der Waals surface area contributed by atoms with E-state index in [0.29, 0.717) is 6.04 Å². The van der Waals surface area contributed by atoms with Gasteiger partial charge in [0.25, 0.3) is 5.91 Å². The Kier molecular flexibility index (Phi) is 1.49. The Morgan fingerprint density at radius 2 is 2.08 bits per heavy atom. The largest absolute Gasteiger partial charge is 0.383 e. The van der Waals surface area contributed by atoms with Crippen molar-refractivity contribution in [1.82, 2.24) is 4.90 Å². The summed E-state index contributed by atoms with van der Waals surface area (Å²) in [6.07, 6.45) is 1.46. The first-order chi connectivity index (χ1) is 5.52. The van der Waals surface area contributed by atoms with Crippen molar-refractivity contribution in [3.63, 3.8) is 0 Å². The molecule has 1 saturated heterocycles. The van der Waals surface area contributed by atoms with Crippen LogP contribution in [0.4, 0.5) is 0 Å². The van der Waals surface area contributed by atoms with Gasteiger partial charge in [0, 0.05) is 18.0 Å². The number of hydrogen-bond donors (Lipinski definition) is 1. The van der Waals surface area contributed by atoms with Crippen molar-refractivity contribution in [1.29, 1.82) is 0 Å². The molecule has 1 amide bonds. The molecule has 68 valence electrons. The quantitative estimate of drug-likeness (QED) is 0.616. The van der Waals surface area contributed by atoms with E-state index in [-0.39, 0.29) is 11.3 Å². The molecule has 3 nitrogen and oxygen atoms in total. The fourth-order valence-electron chi connectivity index (χ4n) is 1.79. The summed E-state index contributed by atoms with van der Waals surface area (Å²) in [5, 5.41) is 9.58. The number of aliphatic hydroxyl groups excluding tert-OH is 1. The van der Waals surface area contributed by atoms with Gasteiger partial charge >= 0.3 is 0 Å². The molecular weight excluding hydrogens is 154 g/mol. The number of carbonyl (C=O) groups excluding carboxylic acids is 1. The standard InChI is InChI=1S/C9H15NO2/c1-9(2)5-10(6-3-4-6)8(12)7(9)11/h6-7,11H,3-5H2,1-2H3/t7-/m0/s1. The van der Waals surface area contributed by atoms with E-state index in [4.69, 9.17) is 0 Å². The smallest absolute Gasteiger partial charge is 0.252 e. The number of carbonyl (C=O) groups is 1. The van der Waals surface area contributed by atoms with Gasteiger partial charge < -0.3 is 10.0 Å². The fraction of sp³-hybridized carbons (Fsp3) is 0.889. The lowest BCUT2D eigenvalue weighted by atomic mass is 9.90. The van der Waals surface area contributed by atoms with Crippen LogP contribution in [0, 0.1) is 5.41 Å². The first-order valence-corrected chi connectivity index (χ1v) is 4.51. The molecule has 1 aliphatic heterocycles. The molecule has 1 atom stereocenters. The number of aliphatic hydroxyl groups is 1. The lowest BCUT2D eigenvalue weighted by Crippen LogP contribution is -2.31. The Morgan fingerprint density at radius 1 is 1.50 bits per heavy atom. The topological polar surface area (TPSA) is 40.5 Å². The van der Waals surface area contributed by atoms with E-state index < -0.39 is 6.10 Å². The van der Waals surface area contributed by atoms with Crippen molar-refractivity contribution in [2.24, 2.45) is 5.41 Å². The van der Waals surface area contributed by atoms with Gasteiger partial charge in [0.2, 0.25) is 0 Å². The first-order valence-electron chi connectivity index (χ1n) is 4.51. The number of rotatable bonds is 1. The normalized spacial score (nSPS) is 34.4. The molecule has 1 saturated carbocycles. The summed E-state index contributed by atoms with van der Waals surface area (Å²) in [4.78, 5) is 13.3. The third kappa shape index (κ3) is 1.04. The molecule has 1 N–H and O–H groups in total. The Hall–Kier alpha value is -0.570. The van der Waals surface area contributed by atoms with E-state index >= 15 is 0 Å². The minimum atomic E-state index is -0.780. The van der Waals surface area contributed by atoms with Crippen molar-refractivity contribution in [3.8, 4) is 0 Å². The maximum absolute atomic E-state index is 11.5. The summed E-state index contributed by atoms with van der Waals surface area (Å²) in [6, 6.07) is 0.439. The van der Waals surface area contributed by atoms with Gasteiger partial charge in [-0.25, -0.2) is 0 Å². The molecule has 1 aliphatic carbocycles. The van der Waals surface area contributed by atoms with Crippen LogP contribution < -0.4 is 0 Å². The Morgan fingerprint density at radius 3 is 2.42 bits per heavy atom. The third-order valence-electron chi connectivity index (χ3n) is 2.82. The summed E-state index contributed by atoms with van der Waals surface area (Å²) >= 11 is 0. The highest BCUT2D eigenvalue weighted by Crippen LogP contribution is 2.38. The average molecular weight is 169 g/mol. The lowest BCUT2D eigenvalue weighted by molar-refractivity contribution is -0.136. The van der Waals surface area contributed by atoms with Crippen molar-refractivity contribution in [2.45, 2.75) is 38.8 Å². The van der Waals surface area contributed by atoms with Crippen molar-refractivity contribution in [3.05, 3.63) is 0 Å². The second-order valence-corrected chi connectivity index (χ2v) is 4.59. The SMILES string of the molecule is CC1(C)CN(C2CC2)C(=O)[C@@H]1O. The van der Waals surface area contributed by atoms with E-state index in [1.807, 2.05) is 18.7 Å². The molecule has 3 heteroatoms. The molecule has 12 heavy (non-hydrogen) atoms. The van der Waals surface area contributed by atoms with Gasteiger partial charge in [-0.3, -0.25) is 4.79 Å². The highest BCUT2D eigenvalue weighted by Gasteiger charge is 2.49. The molecule has 0 aromatic rings. The van der Waals surface area contributed by atoms with Crippen molar-refractivity contribution < 1.29 is 9.90 Å². The van der Waals surface area contributed by atoms with Gasteiger partial charge in [0.1, 0.15) is 6.10 Å². The molecule has 0 spiro atoms. The number of amides is 1. The van der Waals surface area contributed by atoms with Gasteiger partial charge in [-0.1, -0.05) is 13.8 Å². The summed E-state index contributed by atoms with van der Waals surface area (Å²) in [6.45, 7) is 4.60. The van der Waals surface area contributed by atoms with Crippen LogP contribution in [0.15, 0.2) is 0 Å². The Balaban J connectivity index is 2.16. The summed E-state index contributed by atoms with van der Waals surface area (Å²) in [5.41, 5.74) is -0.250. The highest BCUT2D eigenvalue weighted by molar-refractivity contribution is 5.84. The van der Waals surface area contributed by atoms with Crippen molar-refractivity contribution in [2.75, 3.05) is 6.54 Å². The minimum Gasteiger partial charge on any atom is -0.383 e. The van der Waals surface area contributed by atoms with Gasteiger partial charge in [-0.05, 0) is 12.8 Å². The molecule has 2 aliphatic rings. The molecular formula is C9H15NO2. The van der Waals surface area contributed by atoms with Crippen LogP contribution in [0.25, 0.3) is 0 Å². The van der Waals surface area contributed by atoms with Gasteiger partial charge in [-0.2, -0.15) is 0 Å². The van der Waals surface area contributed by atoms with Crippen LogP contribution in [0.2, 0.25) is 0 Å². The first kappa shape index (κ1) is 8.05. The molecule has 2 fully saturated rings. The molecule has 1 heterocycles. The number of hydrogen-bond acceptors (Lipinski definition) is 2. The maximum atomic E-state index is 11.5. The second-order valence-electron chi connectivity index (χ2n) is 4.59. The number of likely N-dealkylation sites (tertiary alicyclic amines) is 1. The fourth-order valence-corrected chi connectivity index (χ4v) is 1.79. The lowest BCUT2D eigenvalue weighted by Gasteiger charge is -2.19. The third-order valence-corrected chi connectivity index (χ3v) is 2.82. The zero-order chi connectivity index (χ0) is 8.93. The Labute approximate surface area is 72.4 Å². The van der Waals surface area contributed by atoms with Crippen LogP contribution in [0.5, 0.6) is 0 Å². The highest BCUT2D eigenvalue weighted by atomic mass is 16.3. The van der Waals surface area contributed by atoms with Crippen molar-refractivity contribution >= 4 is 5.91 Å². The molecule has 0 radical (unpaired) electrons.